The van der Waals surface area contributed by atoms with Crippen molar-refractivity contribution < 1.29 is 14.3 Å². The van der Waals surface area contributed by atoms with Crippen LogP contribution in [0.5, 0.6) is 5.75 Å². The van der Waals surface area contributed by atoms with Gasteiger partial charge in [0.05, 0.1) is 18.7 Å². The molecule has 0 atom stereocenters. The van der Waals surface area contributed by atoms with E-state index in [1.54, 1.807) is 0 Å². The van der Waals surface area contributed by atoms with Gasteiger partial charge in [0.15, 0.2) is 5.82 Å². The number of anilines is 1. The fourth-order valence-corrected chi connectivity index (χ4v) is 3.18. The summed E-state index contributed by atoms with van der Waals surface area (Å²) in [6.07, 6.45) is 5.00. The minimum absolute atomic E-state index is 0.0548. The lowest BCUT2D eigenvalue weighted by Gasteiger charge is -2.07. The molecule has 1 heterocycles. The van der Waals surface area contributed by atoms with Crippen molar-refractivity contribution in [3.05, 3.63) is 54.1 Å². The number of H-pyrrole nitrogens is 1. The van der Waals surface area contributed by atoms with E-state index in [0.29, 0.717) is 19.0 Å². The molecule has 1 amide bonds. The van der Waals surface area contributed by atoms with Crippen LogP contribution in [0.2, 0.25) is 0 Å². The number of hydrogen-bond donors (Lipinski definition) is 2. The largest absolute Gasteiger partial charge is 0.494 e. The molecule has 1 aliphatic rings. The van der Waals surface area contributed by atoms with Gasteiger partial charge in [0.25, 0.3) is 0 Å². The first-order chi connectivity index (χ1) is 14.3. The van der Waals surface area contributed by atoms with Crippen molar-refractivity contribution >= 4 is 22.6 Å². The van der Waals surface area contributed by atoms with E-state index in [1.807, 2.05) is 36.4 Å². The highest BCUT2D eigenvalue weighted by Crippen LogP contribution is 2.31. The molecule has 1 aromatic heterocycles. The normalized spacial score (nSPS) is 13.5. The van der Waals surface area contributed by atoms with Gasteiger partial charge in [-0.15, -0.1) is 0 Å². The van der Waals surface area contributed by atoms with Crippen LogP contribution in [0.3, 0.4) is 0 Å². The van der Waals surface area contributed by atoms with Gasteiger partial charge >= 0.3 is 0 Å². The highest BCUT2D eigenvalue weighted by Gasteiger charge is 2.30. The molecule has 0 unspecified atom stereocenters. The van der Waals surface area contributed by atoms with Crippen LogP contribution in [-0.2, 0) is 16.1 Å². The molecule has 0 aliphatic heterocycles. The van der Waals surface area contributed by atoms with Crippen LogP contribution in [0.15, 0.2) is 48.5 Å². The van der Waals surface area contributed by atoms with Crippen LogP contribution in [0.25, 0.3) is 10.9 Å². The Balaban J connectivity index is 1.16. The van der Waals surface area contributed by atoms with E-state index < -0.39 is 0 Å². The molecule has 152 valence electrons. The number of amides is 1. The van der Waals surface area contributed by atoms with Crippen LogP contribution < -0.4 is 10.1 Å². The van der Waals surface area contributed by atoms with Crippen LogP contribution in [0, 0.1) is 5.92 Å². The highest BCUT2D eigenvalue weighted by atomic mass is 16.5. The summed E-state index contributed by atoms with van der Waals surface area (Å²) in [5.74, 6) is 1.58. The standard InChI is InChI=1S/C23H27N3O3/c27-23(18-9-10-18)24-22-20-15-19(11-12-21(20)25-26-22)29-14-6-2-5-13-28-16-17-7-3-1-4-8-17/h1,3-4,7-8,11-12,15,18H,2,5-6,9-10,13-14,16H2,(H2,24,25,26,27). The molecule has 1 fully saturated rings. The smallest absolute Gasteiger partial charge is 0.228 e. The number of nitrogens with one attached hydrogen (secondary N) is 2. The molecule has 29 heavy (non-hydrogen) atoms. The van der Waals surface area contributed by atoms with Crippen molar-refractivity contribution in [1.82, 2.24) is 10.2 Å². The average molecular weight is 393 g/mol. The van der Waals surface area contributed by atoms with Crippen LogP contribution in [-0.4, -0.2) is 29.3 Å². The Labute approximate surface area is 170 Å². The predicted octanol–water partition coefficient (Wildman–Crippen LogP) is 4.68. The SMILES string of the molecule is O=C(Nc1n[nH]c2ccc(OCCCCCOCc3ccccc3)cc12)C1CC1. The number of carbonyl (C=O) groups excluding carboxylic acids is 1. The first-order valence-electron chi connectivity index (χ1n) is 10.3. The number of unbranched alkanes of at least 4 members (excludes halogenated alkanes) is 2. The molecule has 0 radical (unpaired) electrons. The maximum Gasteiger partial charge on any atom is 0.228 e. The molecule has 6 heteroatoms. The molecule has 2 N–H and O–H groups in total. The highest BCUT2D eigenvalue weighted by molar-refractivity contribution is 6.01. The number of aromatic nitrogens is 2. The van der Waals surface area contributed by atoms with Crippen molar-refractivity contribution in [2.24, 2.45) is 5.92 Å². The second kappa shape index (κ2) is 9.56. The van der Waals surface area contributed by atoms with Crippen molar-refractivity contribution in [2.75, 3.05) is 18.5 Å². The van der Waals surface area contributed by atoms with Gasteiger partial charge in [0.2, 0.25) is 5.91 Å². The molecule has 3 aromatic rings. The Hall–Kier alpha value is -2.86. The number of aromatic amines is 1. The third kappa shape index (κ3) is 5.57. The second-order valence-corrected chi connectivity index (χ2v) is 7.49. The van der Waals surface area contributed by atoms with E-state index in [9.17, 15) is 4.79 Å². The van der Waals surface area contributed by atoms with Gasteiger partial charge in [-0.1, -0.05) is 30.3 Å². The maximum atomic E-state index is 12.0. The van der Waals surface area contributed by atoms with Crippen molar-refractivity contribution in [3.8, 4) is 5.75 Å². The van der Waals surface area contributed by atoms with Crippen LogP contribution in [0.4, 0.5) is 5.82 Å². The topological polar surface area (TPSA) is 76.2 Å². The number of benzene rings is 2. The number of hydrogen-bond acceptors (Lipinski definition) is 4. The van der Waals surface area contributed by atoms with E-state index >= 15 is 0 Å². The summed E-state index contributed by atoms with van der Waals surface area (Å²) >= 11 is 0. The summed E-state index contributed by atoms with van der Waals surface area (Å²) in [6, 6.07) is 16.0. The molecule has 6 nitrogen and oxygen atoms in total. The van der Waals surface area contributed by atoms with E-state index in [4.69, 9.17) is 9.47 Å². The lowest BCUT2D eigenvalue weighted by Crippen LogP contribution is -2.13. The number of rotatable bonds is 11. The fraction of sp³-hybridized carbons (Fsp3) is 0.391. The molecule has 1 saturated carbocycles. The maximum absolute atomic E-state index is 12.0. The molecule has 0 saturated heterocycles. The molecule has 0 spiro atoms. The summed E-state index contributed by atoms with van der Waals surface area (Å²) in [4.78, 5) is 12.0. The predicted molar refractivity (Wildman–Crippen MR) is 113 cm³/mol. The Morgan fingerprint density at radius 2 is 1.90 bits per heavy atom. The van der Waals surface area contributed by atoms with Gasteiger partial charge in [0, 0.05) is 17.9 Å². The zero-order chi connectivity index (χ0) is 19.9. The van der Waals surface area contributed by atoms with Gasteiger partial charge in [-0.2, -0.15) is 5.10 Å². The van der Waals surface area contributed by atoms with Crippen molar-refractivity contribution in [1.29, 1.82) is 0 Å². The quantitative estimate of drug-likeness (QED) is 0.464. The minimum Gasteiger partial charge on any atom is -0.494 e. The Bertz CT molecular complexity index is 935. The van der Waals surface area contributed by atoms with Gasteiger partial charge < -0.3 is 14.8 Å². The van der Waals surface area contributed by atoms with Gasteiger partial charge in [-0.25, -0.2) is 0 Å². The summed E-state index contributed by atoms with van der Waals surface area (Å²) < 4.78 is 11.6. The van der Waals surface area contributed by atoms with Gasteiger partial charge in [-0.3, -0.25) is 9.89 Å². The summed E-state index contributed by atoms with van der Waals surface area (Å²) in [7, 11) is 0. The third-order valence-corrected chi connectivity index (χ3v) is 5.04. The van der Waals surface area contributed by atoms with E-state index in [2.05, 4.69) is 27.6 Å². The number of ether oxygens (including phenoxy) is 2. The lowest BCUT2D eigenvalue weighted by molar-refractivity contribution is -0.117. The number of fused-ring (bicyclic) bond motifs is 1. The second-order valence-electron chi connectivity index (χ2n) is 7.49. The zero-order valence-electron chi connectivity index (χ0n) is 16.5. The molecular weight excluding hydrogens is 366 g/mol. The molecule has 4 rings (SSSR count). The Morgan fingerprint density at radius 3 is 2.72 bits per heavy atom. The van der Waals surface area contributed by atoms with Crippen molar-refractivity contribution in [2.45, 2.75) is 38.7 Å². The summed E-state index contributed by atoms with van der Waals surface area (Å²) in [6.45, 7) is 2.09. The molecular formula is C23H27N3O3. The molecule has 2 aromatic carbocycles. The van der Waals surface area contributed by atoms with Gasteiger partial charge in [0.1, 0.15) is 5.75 Å². The van der Waals surface area contributed by atoms with Crippen molar-refractivity contribution in [3.63, 3.8) is 0 Å². The van der Waals surface area contributed by atoms with Crippen LogP contribution in [0.1, 0.15) is 37.7 Å². The van der Waals surface area contributed by atoms with E-state index in [0.717, 1.165) is 55.4 Å². The summed E-state index contributed by atoms with van der Waals surface area (Å²) in [5.41, 5.74) is 2.09. The third-order valence-electron chi connectivity index (χ3n) is 5.04. The first-order valence-corrected chi connectivity index (χ1v) is 10.3. The Morgan fingerprint density at radius 1 is 1.07 bits per heavy atom. The lowest BCUT2D eigenvalue weighted by atomic mass is 10.2. The first kappa shape index (κ1) is 19.5. The van der Waals surface area contributed by atoms with Gasteiger partial charge in [-0.05, 0) is 55.9 Å². The zero-order valence-corrected chi connectivity index (χ0v) is 16.5. The van der Waals surface area contributed by atoms with E-state index in [-0.39, 0.29) is 11.8 Å². The molecule has 0 bridgehead atoms. The monoisotopic (exact) mass is 393 g/mol. The summed E-state index contributed by atoms with van der Waals surface area (Å²) in [5, 5.41) is 11.0. The van der Waals surface area contributed by atoms with Crippen LogP contribution >= 0.6 is 0 Å². The minimum atomic E-state index is 0.0548. The average Bonchev–Trinajstić information content (AvgIpc) is 3.53. The number of carbonyl (C=O) groups is 1. The fourth-order valence-electron chi connectivity index (χ4n) is 3.18. The number of nitrogens with zero attached hydrogens (tertiary/aromatic N) is 1. The Kier molecular flexibility index (Phi) is 6.42. The molecule has 1 aliphatic carbocycles. The van der Waals surface area contributed by atoms with E-state index in [1.165, 1.54) is 5.56 Å².